The standard InChI is InChI=1S/C12H23NO2S/c1-10-6-11(2)8-13(7-10)12(15)9-16-5-3-4-14/h10-11,14H,3-9H2,1-2H3. The maximum atomic E-state index is 11.9. The molecule has 94 valence electrons. The molecule has 0 saturated carbocycles. The van der Waals surface area contributed by atoms with Crippen molar-refractivity contribution in [3.8, 4) is 0 Å². The minimum atomic E-state index is 0.221. The van der Waals surface area contributed by atoms with Crippen LogP contribution in [0.1, 0.15) is 26.7 Å². The molecule has 1 heterocycles. The molecule has 1 saturated heterocycles. The molecule has 1 amide bonds. The number of piperidine rings is 1. The number of hydrogen-bond acceptors (Lipinski definition) is 3. The minimum absolute atomic E-state index is 0.221. The van der Waals surface area contributed by atoms with Gasteiger partial charge in [-0.25, -0.2) is 0 Å². The number of nitrogens with zero attached hydrogens (tertiary/aromatic N) is 1. The van der Waals surface area contributed by atoms with Gasteiger partial charge in [0.15, 0.2) is 0 Å². The molecule has 1 aliphatic heterocycles. The summed E-state index contributed by atoms with van der Waals surface area (Å²) in [7, 11) is 0. The first kappa shape index (κ1) is 13.8. The summed E-state index contributed by atoms with van der Waals surface area (Å²) in [5, 5.41) is 8.64. The van der Waals surface area contributed by atoms with Crippen molar-refractivity contribution in [1.29, 1.82) is 0 Å². The quantitative estimate of drug-likeness (QED) is 0.748. The molecule has 2 unspecified atom stereocenters. The van der Waals surface area contributed by atoms with Crippen molar-refractivity contribution in [3.63, 3.8) is 0 Å². The van der Waals surface area contributed by atoms with E-state index in [1.54, 1.807) is 11.8 Å². The maximum Gasteiger partial charge on any atom is 0.232 e. The monoisotopic (exact) mass is 245 g/mol. The number of aliphatic hydroxyl groups is 1. The van der Waals surface area contributed by atoms with Crippen LogP contribution in [-0.4, -0.2) is 47.1 Å². The van der Waals surface area contributed by atoms with Gasteiger partial charge in [0.05, 0.1) is 5.75 Å². The topological polar surface area (TPSA) is 40.5 Å². The smallest absolute Gasteiger partial charge is 0.232 e. The second-order valence-corrected chi connectivity index (χ2v) is 5.98. The lowest BCUT2D eigenvalue weighted by Gasteiger charge is -2.35. The first-order chi connectivity index (χ1) is 7.63. The van der Waals surface area contributed by atoms with Gasteiger partial charge < -0.3 is 10.0 Å². The van der Waals surface area contributed by atoms with E-state index in [0.29, 0.717) is 17.6 Å². The Hall–Kier alpha value is -0.220. The molecule has 0 bridgehead atoms. The van der Waals surface area contributed by atoms with Crippen LogP contribution in [-0.2, 0) is 4.79 Å². The molecule has 1 rings (SSSR count). The van der Waals surface area contributed by atoms with Gasteiger partial charge in [0, 0.05) is 19.7 Å². The summed E-state index contributed by atoms with van der Waals surface area (Å²) in [4.78, 5) is 13.9. The number of thioether (sulfide) groups is 1. The van der Waals surface area contributed by atoms with E-state index in [1.165, 1.54) is 6.42 Å². The van der Waals surface area contributed by atoms with Crippen LogP contribution >= 0.6 is 11.8 Å². The predicted octanol–water partition coefficient (Wildman–Crippen LogP) is 1.61. The van der Waals surface area contributed by atoms with Gasteiger partial charge in [-0.15, -0.1) is 0 Å². The largest absolute Gasteiger partial charge is 0.396 e. The van der Waals surface area contributed by atoms with Crippen LogP contribution in [0.2, 0.25) is 0 Å². The van der Waals surface area contributed by atoms with Crippen molar-refractivity contribution in [2.75, 3.05) is 31.2 Å². The Balaban J connectivity index is 2.24. The van der Waals surface area contributed by atoms with Crippen LogP contribution in [0.15, 0.2) is 0 Å². The van der Waals surface area contributed by atoms with Crippen LogP contribution in [0.3, 0.4) is 0 Å². The van der Waals surface area contributed by atoms with Crippen molar-refractivity contribution in [2.24, 2.45) is 11.8 Å². The first-order valence-electron chi connectivity index (χ1n) is 6.10. The highest BCUT2D eigenvalue weighted by Gasteiger charge is 2.24. The van der Waals surface area contributed by atoms with Gasteiger partial charge in [-0.05, 0) is 30.4 Å². The zero-order valence-corrected chi connectivity index (χ0v) is 11.1. The predicted molar refractivity (Wildman–Crippen MR) is 68.6 cm³/mol. The third-order valence-electron chi connectivity index (χ3n) is 2.89. The van der Waals surface area contributed by atoms with E-state index in [0.717, 1.165) is 25.3 Å². The molecule has 1 N–H and O–H groups in total. The highest BCUT2D eigenvalue weighted by atomic mass is 32.2. The summed E-state index contributed by atoms with van der Waals surface area (Å²) in [6, 6.07) is 0. The summed E-state index contributed by atoms with van der Waals surface area (Å²) in [5.74, 6) is 2.98. The van der Waals surface area contributed by atoms with Gasteiger partial charge in [0.2, 0.25) is 5.91 Å². The third-order valence-corrected chi connectivity index (χ3v) is 3.92. The molecule has 1 aliphatic rings. The number of rotatable bonds is 5. The number of likely N-dealkylation sites (tertiary alicyclic amines) is 1. The maximum absolute atomic E-state index is 11.9. The SMILES string of the molecule is CC1CC(C)CN(C(=O)CSCCCO)C1. The highest BCUT2D eigenvalue weighted by Crippen LogP contribution is 2.21. The Bertz CT molecular complexity index is 213. The molecule has 0 aliphatic carbocycles. The fraction of sp³-hybridized carbons (Fsp3) is 0.917. The van der Waals surface area contributed by atoms with E-state index >= 15 is 0 Å². The molecular formula is C12H23NO2S. The molecule has 3 nitrogen and oxygen atoms in total. The van der Waals surface area contributed by atoms with Gasteiger partial charge in [0.1, 0.15) is 0 Å². The number of hydrogen-bond donors (Lipinski definition) is 1. The molecule has 1 fully saturated rings. The summed E-state index contributed by atoms with van der Waals surface area (Å²) in [5.41, 5.74) is 0. The summed E-state index contributed by atoms with van der Waals surface area (Å²) < 4.78 is 0. The first-order valence-corrected chi connectivity index (χ1v) is 7.25. The Morgan fingerprint density at radius 1 is 1.38 bits per heavy atom. The number of carbonyl (C=O) groups excluding carboxylic acids is 1. The lowest BCUT2D eigenvalue weighted by molar-refractivity contribution is -0.130. The average molecular weight is 245 g/mol. The minimum Gasteiger partial charge on any atom is -0.396 e. The van der Waals surface area contributed by atoms with Gasteiger partial charge >= 0.3 is 0 Å². The summed E-state index contributed by atoms with van der Waals surface area (Å²) in [6.45, 7) is 6.50. The van der Waals surface area contributed by atoms with Crippen LogP contribution in [0.4, 0.5) is 0 Å². The molecule has 0 aromatic heterocycles. The lowest BCUT2D eigenvalue weighted by atomic mass is 9.92. The van der Waals surface area contributed by atoms with Crippen molar-refractivity contribution in [2.45, 2.75) is 26.7 Å². The second-order valence-electron chi connectivity index (χ2n) is 4.87. The fourth-order valence-electron chi connectivity index (χ4n) is 2.28. The molecule has 4 heteroatoms. The Morgan fingerprint density at radius 2 is 2.00 bits per heavy atom. The fourth-order valence-corrected chi connectivity index (χ4v) is 3.12. The molecule has 0 spiro atoms. The summed E-state index contributed by atoms with van der Waals surface area (Å²) in [6.07, 6.45) is 2.02. The molecular weight excluding hydrogens is 222 g/mol. The third kappa shape index (κ3) is 4.74. The van der Waals surface area contributed by atoms with Crippen molar-refractivity contribution >= 4 is 17.7 Å². The lowest BCUT2D eigenvalue weighted by Crippen LogP contribution is -2.43. The van der Waals surface area contributed by atoms with Crippen LogP contribution in [0.25, 0.3) is 0 Å². The number of carbonyl (C=O) groups is 1. The van der Waals surface area contributed by atoms with Crippen LogP contribution < -0.4 is 0 Å². The second kappa shape index (κ2) is 7.17. The molecule has 0 aromatic rings. The van der Waals surface area contributed by atoms with E-state index in [-0.39, 0.29) is 12.5 Å². The van der Waals surface area contributed by atoms with E-state index in [1.807, 2.05) is 4.90 Å². The van der Waals surface area contributed by atoms with E-state index < -0.39 is 0 Å². The zero-order valence-electron chi connectivity index (χ0n) is 10.3. The molecule has 2 atom stereocenters. The molecule has 16 heavy (non-hydrogen) atoms. The van der Waals surface area contributed by atoms with E-state index in [2.05, 4.69) is 13.8 Å². The van der Waals surface area contributed by atoms with Crippen molar-refractivity contribution in [3.05, 3.63) is 0 Å². The summed E-state index contributed by atoms with van der Waals surface area (Å²) >= 11 is 1.63. The number of aliphatic hydroxyl groups excluding tert-OH is 1. The Morgan fingerprint density at radius 3 is 2.56 bits per heavy atom. The van der Waals surface area contributed by atoms with Gasteiger partial charge in [-0.3, -0.25) is 4.79 Å². The van der Waals surface area contributed by atoms with Gasteiger partial charge in [-0.1, -0.05) is 13.8 Å². The van der Waals surface area contributed by atoms with Gasteiger partial charge in [-0.2, -0.15) is 11.8 Å². The van der Waals surface area contributed by atoms with E-state index in [4.69, 9.17) is 5.11 Å². The van der Waals surface area contributed by atoms with Crippen molar-refractivity contribution < 1.29 is 9.90 Å². The average Bonchev–Trinajstić information content (AvgIpc) is 2.22. The normalized spacial score (nSPS) is 25.8. The molecule has 0 radical (unpaired) electrons. The van der Waals surface area contributed by atoms with Crippen LogP contribution in [0, 0.1) is 11.8 Å². The number of amides is 1. The molecule has 0 aromatic carbocycles. The Labute approximate surface area is 103 Å². The Kier molecular flexibility index (Phi) is 6.21. The van der Waals surface area contributed by atoms with Crippen LogP contribution in [0.5, 0.6) is 0 Å². The zero-order chi connectivity index (χ0) is 12.0. The highest BCUT2D eigenvalue weighted by molar-refractivity contribution is 7.99. The van der Waals surface area contributed by atoms with Gasteiger partial charge in [0.25, 0.3) is 0 Å². The van der Waals surface area contributed by atoms with Crippen molar-refractivity contribution in [1.82, 2.24) is 4.90 Å². The van der Waals surface area contributed by atoms with E-state index in [9.17, 15) is 4.79 Å².